The van der Waals surface area contributed by atoms with Gasteiger partial charge in [0.1, 0.15) is 6.10 Å². The van der Waals surface area contributed by atoms with E-state index in [-0.39, 0.29) is 12.4 Å². The summed E-state index contributed by atoms with van der Waals surface area (Å²) >= 11 is 0. The molecule has 0 saturated carbocycles. The third kappa shape index (κ3) is 25.4. The lowest BCUT2D eigenvalue weighted by atomic mass is 10.0. The average molecular weight is 469 g/mol. The Balaban J connectivity index is 3.71. The minimum Gasteiger partial charge on any atom is -0.481 e. The van der Waals surface area contributed by atoms with Gasteiger partial charge in [0.25, 0.3) is 0 Å². The van der Waals surface area contributed by atoms with Crippen molar-refractivity contribution >= 4 is 11.9 Å². The van der Waals surface area contributed by atoms with Gasteiger partial charge >= 0.3 is 11.9 Å². The second-order valence-electron chi connectivity index (χ2n) is 9.97. The number of carbonyl (C=O) groups excluding carboxylic acids is 1. The zero-order chi connectivity index (χ0) is 24.4. The molecule has 0 radical (unpaired) electrons. The Morgan fingerprint density at radius 1 is 0.576 bits per heavy atom. The summed E-state index contributed by atoms with van der Waals surface area (Å²) in [6, 6.07) is 0. The zero-order valence-electron chi connectivity index (χ0n) is 22.2. The number of hydrogen-bond donors (Lipinski definition) is 1. The van der Waals surface area contributed by atoms with E-state index in [4.69, 9.17) is 9.84 Å². The van der Waals surface area contributed by atoms with E-state index in [1.165, 1.54) is 109 Å². The Morgan fingerprint density at radius 2 is 0.939 bits per heavy atom. The SMILES string of the molecule is CCCCCCCCCCCCCC(=O)OC(CCCCCCCCCCCC)CC(=O)O. The molecule has 0 amide bonds. The van der Waals surface area contributed by atoms with E-state index in [1.807, 2.05) is 0 Å². The number of carboxylic acid groups (broad SMARTS) is 1. The number of esters is 1. The van der Waals surface area contributed by atoms with Crippen LogP contribution in [0, 0.1) is 0 Å². The van der Waals surface area contributed by atoms with Crippen LogP contribution >= 0.6 is 0 Å². The quantitative estimate of drug-likeness (QED) is 0.101. The predicted octanol–water partition coefficient (Wildman–Crippen LogP) is 9.39. The van der Waals surface area contributed by atoms with Crippen LogP contribution < -0.4 is 0 Å². The molecule has 0 aliphatic carbocycles. The Bertz CT molecular complexity index is 435. The molecule has 0 spiro atoms. The summed E-state index contributed by atoms with van der Waals surface area (Å²) in [4.78, 5) is 23.3. The molecule has 33 heavy (non-hydrogen) atoms. The number of aliphatic carboxylic acids is 1. The van der Waals surface area contributed by atoms with Gasteiger partial charge in [-0.15, -0.1) is 0 Å². The fourth-order valence-electron chi connectivity index (χ4n) is 4.44. The number of rotatable bonds is 26. The van der Waals surface area contributed by atoms with E-state index in [9.17, 15) is 9.59 Å². The fraction of sp³-hybridized carbons (Fsp3) is 0.931. The molecular formula is C29H56O4. The van der Waals surface area contributed by atoms with E-state index in [2.05, 4.69) is 13.8 Å². The molecule has 0 rings (SSSR count). The van der Waals surface area contributed by atoms with E-state index in [1.54, 1.807) is 0 Å². The summed E-state index contributed by atoms with van der Waals surface area (Å²) in [6.07, 6.45) is 26.8. The first-order chi connectivity index (χ1) is 16.1. The van der Waals surface area contributed by atoms with Gasteiger partial charge < -0.3 is 9.84 Å². The van der Waals surface area contributed by atoms with Gasteiger partial charge in [-0.3, -0.25) is 9.59 Å². The molecule has 1 unspecified atom stereocenters. The number of carbonyl (C=O) groups is 2. The molecule has 0 fully saturated rings. The van der Waals surface area contributed by atoms with Crippen LogP contribution in [0.2, 0.25) is 0 Å². The van der Waals surface area contributed by atoms with Gasteiger partial charge in [-0.05, 0) is 19.3 Å². The maximum atomic E-state index is 12.2. The molecule has 1 atom stereocenters. The smallest absolute Gasteiger partial charge is 0.307 e. The van der Waals surface area contributed by atoms with Gasteiger partial charge in [0.15, 0.2) is 0 Å². The lowest BCUT2D eigenvalue weighted by molar-refractivity contribution is -0.153. The first-order valence-corrected chi connectivity index (χ1v) is 14.5. The van der Waals surface area contributed by atoms with Gasteiger partial charge in [-0.2, -0.15) is 0 Å². The third-order valence-corrected chi connectivity index (χ3v) is 6.56. The van der Waals surface area contributed by atoms with Crippen molar-refractivity contribution in [3.8, 4) is 0 Å². The highest BCUT2D eigenvalue weighted by Crippen LogP contribution is 2.16. The molecule has 0 aromatic carbocycles. The minimum atomic E-state index is -0.880. The van der Waals surface area contributed by atoms with Gasteiger partial charge in [-0.1, -0.05) is 136 Å². The summed E-state index contributed by atoms with van der Waals surface area (Å²) in [7, 11) is 0. The molecule has 0 bridgehead atoms. The standard InChI is InChI=1S/C29H56O4/c1-3-5-7-9-11-13-15-17-19-21-23-25-29(32)33-27(26-28(30)31)24-22-20-18-16-14-12-10-8-6-4-2/h27H,3-26H2,1-2H3,(H,30,31). The Hall–Kier alpha value is -1.06. The number of hydrogen-bond acceptors (Lipinski definition) is 3. The Morgan fingerprint density at radius 3 is 1.33 bits per heavy atom. The number of carboxylic acids is 1. The summed E-state index contributed by atoms with van der Waals surface area (Å²) in [5.41, 5.74) is 0. The van der Waals surface area contributed by atoms with E-state index in [0.717, 1.165) is 25.7 Å². The lowest BCUT2D eigenvalue weighted by Gasteiger charge is -2.16. The maximum Gasteiger partial charge on any atom is 0.307 e. The summed E-state index contributed by atoms with van der Waals surface area (Å²) < 4.78 is 5.52. The number of unbranched alkanes of at least 4 members (excludes halogenated alkanes) is 19. The van der Waals surface area contributed by atoms with Crippen LogP contribution in [0.25, 0.3) is 0 Å². The van der Waals surface area contributed by atoms with Crippen molar-refractivity contribution < 1.29 is 19.4 Å². The summed E-state index contributed by atoms with van der Waals surface area (Å²) in [5, 5.41) is 9.14. The van der Waals surface area contributed by atoms with E-state index >= 15 is 0 Å². The molecule has 0 aromatic heterocycles. The fourth-order valence-corrected chi connectivity index (χ4v) is 4.44. The molecule has 0 aliphatic rings. The average Bonchev–Trinajstić information content (AvgIpc) is 2.78. The molecule has 196 valence electrons. The first kappa shape index (κ1) is 31.9. The highest BCUT2D eigenvalue weighted by molar-refractivity contribution is 5.71. The molecular weight excluding hydrogens is 412 g/mol. The van der Waals surface area contributed by atoms with Gasteiger partial charge in [0, 0.05) is 6.42 Å². The molecule has 0 aliphatic heterocycles. The van der Waals surface area contributed by atoms with Crippen molar-refractivity contribution in [1.29, 1.82) is 0 Å². The second kappa shape index (κ2) is 25.6. The number of ether oxygens (including phenoxy) is 1. The van der Waals surface area contributed by atoms with Crippen LogP contribution in [0.15, 0.2) is 0 Å². The topological polar surface area (TPSA) is 63.6 Å². The van der Waals surface area contributed by atoms with Crippen LogP contribution in [0.1, 0.15) is 168 Å². The summed E-state index contributed by atoms with van der Waals surface area (Å²) in [6.45, 7) is 4.49. The van der Waals surface area contributed by atoms with Crippen molar-refractivity contribution in [1.82, 2.24) is 0 Å². The molecule has 4 nitrogen and oxygen atoms in total. The summed E-state index contributed by atoms with van der Waals surface area (Å²) in [5.74, 6) is -1.10. The van der Waals surface area contributed by atoms with Crippen molar-refractivity contribution in [3.63, 3.8) is 0 Å². The molecule has 0 saturated heterocycles. The van der Waals surface area contributed by atoms with Crippen LogP contribution in [-0.4, -0.2) is 23.1 Å². The van der Waals surface area contributed by atoms with Crippen molar-refractivity contribution in [2.75, 3.05) is 0 Å². The Labute approximate surface area is 205 Å². The van der Waals surface area contributed by atoms with E-state index in [0.29, 0.717) is 12.8 Å². The van der Waals surface area contributed by atoms with Crippen LogP contribution in [0.3, 0.4) is 0 Å². The molecule has 1 N–H and O–H groups in total. The second-order valence-corrected chi connectivity index (χ2v) is 9.97. The largest absolute Gasteiger partial charge is 0.481 e. The molecule has 0 aromatic rings. The van der Waals surface area contributed by atoms with E-state index < -0.39 is 12.1 Å². The van der Waals surface area contributed by atoms with Gasteiger partial charge in [0.05, 0.1) is 6.42 Å². The van der Waals surface area contributed by atoms with Crippen LogP contribution in [-0.2, 0) is 14.3 Å². The highest BCUT2D eigenvalue weighted by Gasteiger charge is 2.17. The zero-order valence-corrected chi connectivity index (χ0v) is 22.2. The van der Waals surface area contributed by atoms with Crippen LogP contribution in [0.5, 0.6) is 0 Å². The normalized spacial score (nSPS) is 12.1. The Kier molecular flexibility index (Phi) is 24.7. The highest BCUT2D eigenvalue weighted by atomic mass is 16.5. The lowest BCUT2D eigenvalue weighted by Crippen LogP contribution is -2.21. The van der Waals surface area contributed by atoms with Crippen LogP contribution in [0.4, 0.5) is 0 Å². The molecule has 0 heterocycles. The van der Waals surface area contributed by atoms with Crippen molar-refractivity contribution in [3.05, 3.63) is 0 Å². The molecule has 4 heteroatoms. The predicted molar refractivity (Wildman–Crippen MR) is 140 cm³/mol. The van der Waals surface area contributed by atoms with Gasteiger partial charge in [-0.25, -0.2) is 0 Å². The minimum absolute atomic E-state index is 0.0680. The maximum absolute atomic E-state index is 12.2. The third-order valence-electron chi connectivity index (χ3n) is 6.56. The first-order valence-electron chi connectivity index (χ1n) is 14.5. The van der Waals surface area contributed by atoms with Gasteiger partial charge in [0.2, 0.25) is 0 Å². The van der Waals surface area contributed by atoms with Crippen molar-refractivity contribution in [2.24, 2.45) is 0 Å². The van der Waals surface area contributed by atoms with Crippen molar-refractivity contribution in [2.45, 2.75) is 174 Å². The monoisotopic (exact) mass is 468 g/mol.